The molecular weight excluding hydrogens is 392 g/mol. The molecule has 1 amide bonds. The molecule has 0 spiro atoms. The van der Waals surface area contributed by atoms with Gasteiger partial charge in [0, 0.05) is 11.7 Å². The number of anilines is 1. The maximum Gasteiger partial charge on any atom is 0.257 e. The number of carbonyl (C=O) groups excluding carboxylic acids is 1. The zero-order chi connectivity index (χ0) is 19.8. The number of carbonyl (C=O) groups is 1. The van der Waals surface area contributed by atoms with Crippen LogP contribution in [-0.4, -0.2) is 23.3 Å². The van der Waals surface area contributed by atoms with Crippen molar-refractivity contribution in [3.05, 3.63) is 64.7 Å². The Morgan fingerprint density at radius 1 is 1.11 bits per heavy atom. The minimum atomic E-state index is -0.254. The van der Waals surface area contributed by atoms with Gasteiger partial charge in [-0.15, -0.1) is 0 Å². The molecule has 0 radical (unpaired) electrons. The Hall–Kier alpha value is -2.44. The molecule has 0 heterocycles. The first-order valence-corrected chi connectivity index (χ1v) is 10.2. The van der Waals surface area contributed by atoms with Crippen LogP contribution in [0.1, 0.15) is 48.0 Å². The van der Waals surface area contributed by atoms with Gasteiger partial charge in [-0.25, -0.2) is 0 Å². The maximum atomic E-state index is 12.4. The summed E-state index contributed by atoms with van der Waals surface area (Å²) in [6.45, 7) is 0. The molecule has 0 aromatic heterocycles. The summed E-state index contributed by atoms with van der Waals surface area (Å²) in [5.74, 6) is -0.254. The van der Waals surface area contributed by atoms with Gasteiger partial charge >= 0.3 is 0 Å². The van der Waals surface area contributed by atoms with Crippen molar-refractivity contribution in [1.29, 1.82) is 0 Å². The van der Waals surface area contributed by atoms with E-state index >= 15 is 0 Å². The van der Waals surface area contributed by atoms with Crippen LogP contribution in [0.2, 0.25) is 5.02 Å². The zero-order valence-corrected chi connectivity index (χ0v) is 17.0. The number of halogens is 1. The molecule has 1 aliphatic carbocycles. The maximum absolute atomic E-state index is 12.4. The van der Waals surface area contributed by atoms with Gasteiger partial charge < -0.3 is 10.6 Å². The van der Waals surface area contributed by atoms with E-state index in [0.717, 1.165) is 18.4 Å². The number of benzene rings is 2. The Morgan fingerprint density at radius 2 is 1.89 bits per heavy atom. The van der Waals surface area contributed by atoms with E-state index in [1.54, 1.807) is 30.5 Å². The first kappa shape index (κ1) is 20.3. The van der Waals surface area contributed by atoms with Crippen LogP contribution in [0.25, 0.3) is 0 Å². The van der Waals surface area contributed by atoms with E-state index in [0.29, 0.717) is 27.4 Å². The first-order valence-electron chi connectivity index (χ1n) is 9.37. The van der Waals surface area contributed by atoms with Crippen molar-refractivity contribution < 1.29 is 4.79 Å². The second kappa shape index (κ2) is 10.2. The quantitative estimate of drug-likeness (QED) is 0.376. The highest BCUT2D eigenvalue weighted by atomic mass is 35.5. The number of amides is 1. The summed E-state index contributed by atoms with van der Waals surface area (Å²) in [4.78, 5) is 12.4. The number of hydrazone groups is 1. The van der Waals surface area contributed by atoms with Crippen LogP contribution in [0, 0.1) is 0 Å². The van der Waals surface area contributed by atoms with Gasteiger partial charge in [-0.1, -0.05) is 55.1 Å². The van der Waals surface area contributed by atoms with Crippen LogP contribution in [0.4, 0.5) is 5.69 Å². The Labute approximate surface area is 175 Å². The summed E-state index contributed by atoms with van der Waals surface area (Å²) < 4.78 is 0. The van der Waals surface area contributed by atoms with Gasteiger partial charge in [0.25, 0.3) is 5.91 Å². The van der Waals surface area contributed by atoms with Crippen molar-refractivity contribution in [3.8, 4) is 0 Å². The Morgan fingerprint density at radius 3 is 2.68 bits per heavy atom. The van der Waals surface area contributed by atoms with E-state index in [-0.39, 0.29) is 5.91 Å². The molecule has 7 heteroatoms. The minimum absolute atomic E-state index is 0.254. The van der Waals surface area contributed by atoms with Crippen molar-refractivity contribution in [3.63, 3.8) is 0 Å². The summed E-state index contributed by atoms with van der Waals surface area (Å²) in [5, 5.41) is 11.3. The van der Waals surface area contributed by atoms with Gasteiger partial charge in [-0.2, -0.15) is 5.10 Å². The molecule has 5 nitrogen and oxygen atoms in total. The predicted octanol–water partition coefficient (Wildman–Crippen LogP) is 4.72. The number of hydrogen-bond donors (Lipinski definition) is 3. The molecule has 0 atom stereocenters. The standard InChI is InChI=1S/C21H23ClN4OS/c22-19-12-5-4-11-18(19)20(27)24-17-10-6-7-15(13-17)14-23-26-21(28)25-16-8-2-1-3-9-16/h4-7,10-14,16H,1-3,8-9H2,(H,24,27)(H2,25,26,28)/b23-14+. The van der Waals surface area contributed by atoms with Gasteiger partial charge in [-0.05, 0) is 54.9 Å². The summed E-state index contributed by atoms with van der Waals surface area (Å²) in [7, 11) is 0. The van der Waals surface area contributed by atoms with Crippen LogP contribution >= 0.6 is 23.8 Å². The third kappa shape index (κ3) is 6.04. The Kier molecular flexibility index (Phi) is 7.39. The fraction of sp³-hybridized carbons (Fsp3) is 0.286. The molecule has 0 saturated heterocycles. The third-order valence-corrected chi connectivity index (χ3v) is 5.12. The average molecular weight is 415 g/mol. The molecule has 3 N–H and O–H groups in total. The van der Waals surface area contributed by atoms with Gasteiger partial charge in [0.2, 0.25) is 0 Å². The normalized spacial score (nSPS) is 14.6. The van der Waals surface area contributed by atoms with Crippen molar-refractivity contribution >= 4 is 46.7 Å². The van der Waals surface area contributed by atoms with Crippen LogP contribution in [0.3, 0.4) is 0 Å². The summed E-state index contributed by atoms with van der Waals surface area (Å²) in [5.41, 5.74) is 4.79. The van der Waals surface area contributed by atoms with Crippen LogP contribution < -0.4 is 16.1 Å². The second-order valence-corrected chi connectivity index (χ2v) is 7.55. The lowest BCUT2D eigenvalue weighted by atomic mass is 9.96. The van der Waals surface area contributed by atoms with Crippen molar-refractivity contribution in [2.24, 2.45) is 5.10 Å². The van der Waals surface area contributed by atoms with E-state index in [1.807, 2.05) is 24.3 Å². The molecule has 1 saturated carbocycles. The lowest BCUT2D eigenvalue weighted by molar-refractivity contribution is 0.102. The van der Waals surface area contributed by atoms with Crippen LogP contribution in [0.5, 0.6) is 0 Å². The smallest absolute Gasteiger partial charge is 0.257 e. The molecule has 146 valence electrons. The minimum Gasteiger partial charge on any atom is -0.359 e. The van der Waals surface area contributed by atoms with Crippen LogP contribution in [0.15, 0.2) is 53.6 Å². The molecular formula is C21H23ClN4OS. The van der Waals surface area contributed by atoms with E-state index in [4.69, 9.17) is 23.8 Å². The van der Waals surface area contributed by atoms with E-state index in [2.05, 4.69) is 21.2 Å². The molecule has 0 bridgehead atoms. The number of nitrogens with zero attached hydrogens (tertiary/aromatic N) is 1. The Balaban J connectivity index is 1.54. The van der Waals surface area contributed by atoms with Gasteiger partial charge in [0.1, 0.15) is 0 Å². The lowest BCUT2D eigenvalue weighted by Crippen LogP contribution is -2.40. The van der Waals surface area contributed by atoms with Crippen molar-refractivity contribution in [2.45, 2.75) is 38.1 Å². The largest absolute Gasteiger partial charge is 0.359 e. The number of rotatable bonds is 5. The zero-order valence-electron chi connectivity index (χ0n) is 15.5. The van der Waals surface area contributed by atoms with Crippen molar-refractivity contribution in [2.75, 3.05) is 5.32 Å². The number of nitrogens with one attached hydrogen (secondary N) is 3. The molecule has 2 aromatic carbocycles. The van der Waals surface area contributed by atoms with Gasteiger partial charge in [0.05, 0.1) is 16.8 Å². The van der Waals surface area contributed by atoms with Gasteiger partial charge in [-0.3, -0.25) is 10.2 Å². The van der Waals surface area contributed by atoms with E-state index in [9.17, 15) is 4.79 Å². The highest BCUT2D eigenvalue weighted by molar-refractivity contribution is 7.80. The third-order valence-electron chi connectivity index (χ3n) is 4.58. The SMILES string of the molecule is O=C(Nc1cccc(/C=N/NC(=S)NC2CCCCC2)c1)c1ccccc1Cl. The second-order valence-electron chi connectivity index (χ2n) is 6.74. The monoisotopic (exact) mass is 414 g/mol. The highest BCUT2D eigenvalue weighted by Crippen LogP contribution is 2.18. The summed E-state index contributed by atoms with van der Waals surface area (Å²) >= 11 is 11.4. The highest BCUT2D eigenvalue weighted by Gasteiger charge is 2.13. The molecule has 0 aliphatic heterocycles. The van der Waals surface area contributed by atoms with Crippen LogP contribution in [-0.2, 0) is 0 Å². The summed E-state index contributed by atoms with van der Waals surface area (Å²) in [6.07, 6.45) is 7.77. The van der Waals surface area contributed by atoms with Gasteiger partial charge in [0.15, 0.2) is 5.11 Å². The topological polar surface area (TPSA) is 65.5 Å². The molecule has 2 aromatic rings. The molecule has 28 heavy (non-hydrogen) atoms. The van der Waals surface area contributed by atoms with E-state index < -0.39 is 0 Å². The average Bonchev–Trinajstić information content (AvgIpc) is 2.69. The fourth-order valence-electron chi connectivity index (χ4n) is 3.17. The molecule has 0 unspecified atom stereocenters. The molecule has 1 aliphatic rings. The lowest BCUT2D eigenvalue weighted by Gasteiger charge is -2.23. The summed E-state index contributed by atoms with van der Waals surface area (Å²) in [6, 6.07) is 14.8. The number of thiocarbonyl (C=S) groups is 1. The molecule has 1 fully saturated rings. The van der Waals surface area contributed by atoms with E-state index in [1.165, 1.54) is 19.3 Å². The predicted molar refractivity (Wildman–Crippen MR) is 119 cm³/mol. The molecule has 3 rings (SSSR count). The fourth-order valence-corrected chi connectivity index (χ4v) is 3.61. The van der Waals surface area contributed by atoms with Crippen molar-refractivity contribution in [1.82, 2.24) is 10.7 Å². The Bertz CT molecular complexity index is 865. The number of hydrogen-bond acceptors (Lipinski definition) is 3. The first-order chi connectivity index (χ1) is 13.6.